The highest BCUT2D eigenvalue weighted by Crippen LogP contribution is 2.30. The molecular weight excluding hydrogens is 367 g/mol. The van der Waals surface area contributed by atoms with Crippen LogP contribution in [-0.2, 0) is 0 Å². The van der Waals surface area contributed by atoms with Gasteiger partial charge in [0.1, 0.15) is 5.75 Å². The van der Waals surface area contributed by atoms with Gasteiger partial charge < -0.3 is 15.4 Å². The number of hydrogen-bond donors (Lipinski definition) is 2. The van der Waals surface area contributed by atoms with Crippen molar-refractivity contribution in [1.29, 1.82) is 0 Å². The van der Waals surface area contributed by atoms with Crippen LogP contribution in [-0.4, -0.2) is 40.1 Å². The average Bonchev–Trinajstić information content (AvgIpc) is 3.14. The quantitative estimate of drug-likeness (QED) is 0.722. The van der Waals surface area contributed by atoms with E-state index in [0.717, 1.165) is 31.1 Å². The van der Waals surface area contributed by atoms with E-state index < -0.39 is 6.36 Å². The van der Waals surface area contributed by atoms with Gasteiger partial charge in [0.25, 0.3) is 0 Å². The fourth-order valence-electron chi connectivity index (χ4n) is 2.94. The van der Waals surface area contributed by atoms with Crippen LogP contribution in [0, 0.1) is 0 Å². The van der Waals surface area contributed by atoms with Gasteiger partial charge in [0.15, 0.2) is 0 Å². The molecule has 0 spiro atoms. The summed E-state index contributed by atoms with van der Waals surface area (Å²) in [6.07, 6.45) is -1.09. The van der Waals surface area contributed by atoms with Gasteiger partial charge in [0, 0.05) is 11.6 Å². The molecule has 0 radical (unpaired) electrons. The Balaban J connectivity index is 1.59. The van der Waals surface area contributed by atoms with Gasteiger partial charge in [-0.2, -0.15) is 0 Å². The summed E-state index contributed by atoms with van der Waals surface area (Å²) in [5.41, 5.74) is 1.17. The molecule has 0 unspecified atom stereocenters. The van der Waals surface area contributed by atoms with E-state index >= 15 is 0 Å². The molecule has 2 N–H and O–H groups in total. The van der Waals surface area contributed by atoms with E-state index in [4.69, 9.17) is 0 Å². The molecule has 0 amide bonds. The van der Waals surface area contributed by atoms with Crippen molar-refractivity contribution in [3.63, 3.8) is 0 Å². The van der Waals surface area contributed by atoms with Gasteiger partial charge in [-0.05, 0) is 38.1 Å². The molecule has 0 aliphatic carbocycles. The Morgan fingerprint density at radius 1 is 1.27 bits per heavy atom. The van der Waals surface area contributed by atoms with Gasteiger partial charge in [-0.3, -0.25) is 0 Å². The van der Waals surface area contributed by atoms with Gasteiger partial charge >= 0.3 is 6.36 Å². The molecule has 10 heteroatoms. The molecule has 6 nitrogen and oxygen atoms in total. The lowest BCUT2D eigenvalue weighted by molar-refractivity contribution is -0.274. The smallest absolute Gasteiger partial charge is 0.406 e. The molecule has 1 aliphatic rings. The minimum atomic E-state index is -4.72. The number of fused-ring (bicyclic) bond motifs is 1. The highest BCUT2D eigenvalue weighted by Gasteiger charge is 2.31. The number of benzene rings is 1. The lowest BCUT2D eigenvalue weighted by Crippen LogP contribution is -2.35. The predicted octanol–water partition coefficient (Wildman–Crippen LogP) is 3.52. The Labute approximate surface area is 151 Å². The fraction of sp³-hybridized carbons (Fsp3) is 0.375. The van der Waals surface area contributed by atoms with Crippen LogP contribution in [0.25, 0.3) is 16.2 Å². The number of nitrogens with one attached hydrogen (secondary N) is 2. The number of anilines is 1. The van der Waals surface area contributed by atoms with E-state index in [1.807, 2.05) is 0 Å². The van der Waals surface area contributed by atoms with E-state index in [1.54, 1.807) is 16.8 Å². The number of piperidine rings is 1. The van der Waals surface area contributed by atoms with E-state index in [9.17, 15) is 13.2 Å². The van der Waals surface area contributed by atoms with Crippen molar-refractivity contribution < 1.29 is 17.9 Å². The number of imidazole rings is 1. The molecule has 2 aromatic heterocycles. The topological polar surface area (TPSA) is 63.5 Å². The summed E-state index contributed by atoms with van der Waals surface area (Å²) < 4.78 is 42.9. The fourth-order valence-corrected chi connectivity index (χ4v) is 3.79. The Morgan fingerprint density at radius 3 is 2.85 bits per heavy atom. The summed E-state index contributed by atoms with van der Waals surface area (Å²) in [5.74, 6) is -0.270. The van der Waals surface area contributed by atoms with Gasteiger partial charge in [-0.1, -0.05) is 23.5 Å². The van der Waals surface area contributed by atoms with E-state index in [1.165, 1.54) is 29.5 Å². The molecule has 1 aromatic carbocycles. The van der Waals surface area contributed by atoms with Crippen LogP contribution in [0.5, 0.6) is 5.75 Å². The van der Waals surface area contributed by atoms with Gasteiger partial charge in [-0.15, -0.1) is 18.3 Å². The normalized spacial score (nSPS) is 16.1. The number of aromatic nitrogens is 3. The summed E-state index contributed by atoms with van der Waals surface area (Å²) in [7, 11) is 0. The monoisotopic (exact) mass is 383 g/mol. The summed E-state index contributed by atoms with van der Waals surface area (Å²) in [5, 5.41) is 12.0. The second-order valence-corrected chi connectivity index (χ2v) is 6.95. The molecule has 1 fully saturated rings. The standard InChI is InChI=1S/C16H16F3N5OS/c17-16(18,19)25-12-3-1-2-10(8-12)13-9-21-15-24(13)23-14(26-15)22-11-4-6-20-7-5-11/h1-3,8-9,11,20H,4-7H2,(H,22,23). The van der Waals surface area contributed by atoms with Crippen molar-refractivity contribution in [1.82, 2.24) is 19.9 Å². The molecule has 26 heavy (non-hydrogen) atoms. The molecule has 138 valence electrons. The zero-order valence-corrected chi connectivity index (χ0v) is 14.4. The first-order chi connectivity index (χ1) is 12.5. The van der Waals surface area contributed by atoms with Crippen LogP contribution in [0.1, 0.15) is 12.8 Å². The van der Waals surface area contributed by atoms with Crippen LogP contribution >= 0.6 is 11.3 Å². The molecule has 3 heterocycles. The second-order valence-electron chi connectivity index (χ2n) is 5.99. The first kappa shape index (κ1) is 17.1. The van der Waals surface area contributed by atoms with E-state index in [-0.39, 0.29) is 5.75 Å². The molecule has 3 aromatic rings. The maximum absolute atomic E-state index is 12.4. The van der Waals surface area contributed by atoms with Crippen LogP contribution in [0.15, 0.2) is 30.5 Å². The van der Waals surface area contributed by atoms with Gasteiger partial charge in [-0.25, -0.2) is 9.50 Å². The molecule has 0 atom stereocenters. The second kappa shape index (κ2) is 6.76. The van der Waals surface area contributed by atoms with Gasteiger partial charge in [0.05, 0.1) is 11.9 Å². The van der Waals surface area contributed by atoms with E-state index in [2.05, 4.69) is 25.5 Å². The zero-order chi connectivity index (χ0) is 18.1. The number of hydrogen-bond acceptors (Lipinski definition) is 6. The van der Waals surface area contributed by atoms with Crippen molar-refractivity contribution in [3.05, 3.63) is 30.5 Å². The summed E-state index contributed by atoms with van der Waals surface area (Å²) in [6, 6.07) is 6.16. The third kappa shape index (κ3) is 3.75. The Hall–Kier alpha value is -2.33. The van der Waals surface area contributed by atoms with Crippen LogP contribution < -0.4 is 15.4 Å². The number of halogens is 3. The first-order valence-electron chi connectivity index (χ1n) is 8.16. The van der Waals surface area contributed by atoms with Crippen LogP contribution in [0.4, 0.5) is 18.3 Å². The van der Waals surface area contributed by atoms with Crippen molar-refractivity contribution in [2.75, 3.05) is 18.4 Å². The molecule has 1 aliphatic heterocycles. The maximum atomic E-state index is 12.4. The maximum Gasteiger partial charge on any atom is 0.573 e. The van der Waals surface area contributed by atoms with E-state index in [0.29, 0.717) is 22.3 Å². The highest BCUT2D eigenvalue weighted by atomic mass is 32.1. The van der Waals surface area contributed by atoms with Crippen molar-refractivity contribution >= 4 is 21.4 Å². The summed E-state index contributed by atoms with van der Waals surface area (Å²) >= 11 is 1.42. The Kier molecular flexibility index (Phi) is 4.45. The van der Waals surface area contributed by atoms with Crippen LogP contribution in [0.2, 0.25) is 0 Å². The molecule has 0 saturated carbocycles. The largest absolute Gasteiger partial charge is 0.573 e. The Bertz CT molecular complexity index is 901. The van der Waals surface area contributed by atoms with Crippen LogP contribution in [0.3, 0.4) is 0 Å². The van der Waals surface area contributed by atoms with Crippen molar-refractivity contribution in [3.8, 4) is 17.0 Å². The molecular formula is C16H16F3N5OS. The summed E-state index contributed by atoms with van der Waals surface area (Å²) in [6.45, 7) is 1.94. The number of rotatable bonds is 4. The minimum absolute atomic E-state index is 0.270. The molecule has 0 bridgehead atoms. The predicted molar refractivity (Wildman–Crippen MR) is 92.5 cm³/mol. The SMILES string of the molecule is FC(F)(F)Oc1cccc(-c2cnc3sc(NC4CCNCC4)nn23)c1. The molecule has 1 saturated heterocycles. The first-order valence-corrected chi connectivity index (χ1v) is 8.97. The highest BCUT2D eigenvalue weighted by molar-refractivity contribution is 7.20. The third-order valence-corrected chi connectivity index (χ3v) is 4.97. The van der Waals surface area contributed by atoms with Crippen molar-refractivity contribution in [2.24, 2.45) is 0 Å². The number of ether oxygens (including phenoxy) is 1. The Morgan fingerprint density at radius 2 is 2.08 bits per heavy atom. The summed E-state index contributed by atoms with van der Waals surface area (Å²) in [4.78, 5) is 5.00. The number of alkyl halides is 3. The van der Waals surface area contributed by atoms with Gasteiger partial charge in [0.2, 0.25) is 10.1 Å². The minimum Gasteiger partial charge on any atom is -0.406 e. The van der Waals surface area contributed by atoms with Crippen molar-refractivity contribution in [2.45, 2.75) is 25.2 Å². The zero-order valence-electron chi connectivity index (χ0n) is 13.6. The molecule has 4 rings (SSSR count). The average molecular weight is 383 g/mol. The third-order valence-electron chi connectivity index (χ3n) is 4.12. The lowest BCUT2D eigenvalue weighted by atomic mass is 10.1. The number of nitrogens with zero attached hydrogens (tertiary/aromatic N) is 3. The lowest BCUT2D eigenvalue weighted by Gasteiger charge is -2.22.